The van der Waals surface area contributed by atoms with E-state index in [0.717, 1.165) is 25.9 Å². The van der Waals surface area contributed by atoms with Crippen LogP contribution in [0.2, 0.25) is 0 Å². The van der Waals surface area contributed by atoms with E-state index >= 15 is 0 Å². The summed E-state index contributed by atoms with van der Waals surface area (Å²) in [7, 11) is 0. The van der Waals surface area contributed by atoms with Gasteiger partial charge in [-0.3, -0.25) is 4.79 Å². The molecule has 126 valence electrons. The Labute approximate surface area is 131 Å². The van der Waals surface area contributed by atoms with Crippen LogP contribution in [0.25, 0.3) is 0 Å². The van der Waals surface area contributed by atoms with Crippen molar-refractivity contribution in [3.05, 3.63) is 0 Å². The Morgan fingerprint density at radius 1 is 0.857 bits per heavy atom. The Bertz CT molecular complexity index is 229. The van der Waals surface area contributed by atoms with Crippen LogP contribution in [0.15, 0.2) is 0 Å². The van der Waals surface area contributed by atoms with E-state index in [4.69, 9.17) is 9.47 Å². The van der Waals surface area contributed by atoms with Crippen molar-refractivity contribution in [1.82, 2.24) is 0 Å². The molecular weight excluding hydrogens is 264 g/mol. The lowest BCUT2D eigenvalue weighted by molar-refractivity contribution is -0.150. The molecule has 0 aliphatic rings. The van der Waals surface area contributed by atoms with Gasteiger partial charge in [0.05, 0.1) is 19.1 Å². The van der Waals surface area contributed by atoms with Gasteiger partial charge in [0.15, 0.2) is 0 Å². The van der Waals surface area contributed by atoms with E-state index in [1.165, 1.54) is 44.9 Å². The van der Waals surface area contributed by atoms with Crippen LogP contribution in [0.1, 0.15) is 85.0 Å². The fraction of sp³-hybridized carbons (Fsp3) is 0.944. The predicted octanol–water partition coefficient (Wildman–Crippen LogP) is 5.12. The number of ether oxygens (including phenoxy) is 2. The van der Waals surface area contributed by atoms with Gasteiger partial charge >= 0.3 is 5.97 Å². The van der Waals surface area contributed by atoms with E-state index in [1.54, 1.807) is 0 Å². The monoisotopic (exact) mass is 300 g/mol. The SMILES string of the molecule is CCCCCCCCCCOCC(CCC)C(=O)OCC. The van der Waals surface area contributed by atoms with Crippen LogP contribution < -0.4 is 0 Å². The van der Waals surface area contributed by atoms with Crippen LogP contribution in [0, 0.1) is 5.92 Å². The average molecular weight is 300 g/mol. The van der Waals surface area contributed by atoms with E-state index in [-0.39, 0.29) is 11.9 Å². The van der Waals surface area contributed by atoms with Crippen LogP contribution in [-0.4, -0.2) is 25.8 Å². The maximum atomic E-state index is 11.7. The van der Waals surface area contributed by atoms with Crippen molar-refractivity contribution < 1.29 is 14.3 Å². The highest BCUT2D eigenvalue weighted by atomic mass is 16.5. The highest BCUT2D eigenvalue weighted by Gasteiger charge is 2.18. The third-order valence-corrected chi connectivity index (χ3v) is 3.72. The number of carbonyl (C=O) groups excluding carboxylic acids is 1. The van der Waals surface area contributed by atoms with Gasteiger partial charge in [0.2, 0.25) is 0 Å². The topological polar surface area (TPSA) is 35.5 Å². The molecule has 0 fully saturated rings. The normalized spacial score (nSPS) is 12.3. The third-order valence-electron chi connectivity index (χ3n) is 3.72. The second kappa shape index (κ2) is 15.8. The molecule has 3 heteroatoms. The molecule has 0 radical (unpaired) electrons. The number of hydrogen-bond acceptors (Lipinski definition) is 3. The van der Waals surface area contributed by atoms with Gasteiger partial charge in [-0.1, -0.05) is 65.2 Å². The van der Waals surface area contributed by atoms with Crippen LogP contribution in [0.3, 0.4) is 0 Å². The fourth-order valence-electron chi connectivity index (χ4n) is 2.44. The summed E-state index contributed by atoms with van der Waals surface area (Å²) in [5, 5.41) is 0. The zero-order valence-corrected chi connectivity index (χ0v) is 14.5. The van der Waals surface area contributed by atoms with E-state index < -0.39 is 0 Å². The van der Waals surface area contributed by atoms with Gasteiger partial charge in [-0.2, -0.15) is 0 Å². The largest absolute Gasteiger partial charge is 0.466 e. The van der Waals surface area contributed by atoms with Gasteiger partial charge in [0, 0.05) is 6.61 Å². The Morgan fingerprint density at radius 2 is 1.48 bits per heavy atom. The summed E-state index contributed by atoms with van der Waals surface area (Å²) in [6, 6.07) is 0. The van der Waals surface area contributed by atoms with Crippen molar-refractivity contribution in [1.29, 1.82) is 0 Å². The van der Waals surface area contributed by atoms with Crippen molar-refractivity contribution in [3.8, 4) is 0 Å². The summed E-state index contributed by atoms with van der Waals surface area (Å²) in [6.45, 7) is 7.93. The molecule has 21 heavy (non-hydrogen) atoms. The summed E-state index contributed by atoms with van der Waals surface area (Å²) in [6.07, 6.45) is 12.3. The number of carbonyl (C=O) groups is 1. The summed E-state index contributed by atoms with van der Waals surface area (Å²) in [5.41, 5.74) is 0. The van der Waals surface area contributed by atoms with Gasteiger partial charge in [0.25, 0.3) is 0 Å². The molecule has 0 aliphatic carbocycles. The van der Waals surface area contributed by atoms with Gasteiger partial charge < -0.3 is 9.47 Å². The maximum Gasteiger partial charge on any atom is 0.311 e. The summed E-state index contributed by atoms with van der Waals surface area (Å²) >= 11 is 0. The maximum absolute atomic E-state index is 11.7. The molecule has 0 heterocycles. The molecule has 0 rings (SSSR count). The highest BCUT2D eigenvalue weighted by molar-refractivity contribution is 5.72. The molecule has 0 bridgehead atoms. The molecule has 0 spiro atoms. The zero-order valence-electron chi connectivity index (χ0n) is 14.5. The number of unbranched alkanes of at least 4 members (excludes halogenated alkanes) is 7. The molecule has 0 aromatic carbocycles. The first-order valence-electron chi connectivity index (χ1n) is 9.00. The molecule has 1 atom stereocenters. The van der Waals surface area contributed by atoms with Gasteiger partial charge in [0.1, 0.15) is 0 Å². The van der Waals surface area contributed by atoms with Crippen molar-refractivity contribution >= 4 is 5.97 Å². The Balaban J connectivity index is 3.47. The van der Waals surface area contributed by atoms with Gasteiger partial charge in [-0.05, 0) is 19.8 Å². The number of esters is 1. The smallest absolute Gasteiger partial charge is 0.311 e. The van der Waals surface area contributed by atoms with E-state index in [1.807, 2.05) is 6.92 Å². The molecule has 0 saturated heterocycles. The molecule has 0 aromatic heterocycles. The number of rotatable bonds is 15. The quantitative estimate of drug-likeness (QED) is 0.311. The molecule has 0 aromatic rings. The van der Waals surface area contributed by atoms with E-state index in [0.29, 0.717) is 13.2 Å². The Morgan fingerprint density at radius 3 is 2.05 bits per heavy atom. The Kier molecular flexibility index (Phi) is 15.4. The lowest BCUT2D eigenvalue weighted by Crippen LogP contribution is -2.23. The molecule has 0 N–H and O–H groups in total. The zero-order chi connectivity index (χ0) is 15.8. The number of hydrogen-bond donors (Lipinski definition) is 0. The highest BCUT2D eigenvalue weighted by Crippen LogP contribution is 2.11. The first-order chi connectivity index (χ1) is 10.3. The van der Waals surface area contributed by atoms with Crippen LogP contribution in [-0.2, 0) is 14.3 Å². The Hall–Kier alpha value is -0.570. The van der Waals surface area contributed by atoms with Gasteiger partial charge in [-0.15, -0.1) is 0 Å². The first kappa shape index (κ1) is 20.4. The lowest BCUT2D eigenvalue weighted by atomic mass is 10.1. The standard InChI is InChI=1S/C18H36O3/c1-4-7-8-9-10-11-12-13-15-20-16-17(14-5-2)18(19)21-6-3/h17H,4-16H2,1-3H3. The summed E-state index contributed by atoms with van der Waals surface area (Å²) in [5.74, 6) is -0.181. The van der Waals surface area contributed by atoms with Gasteiger partial charge in [-0.25, -0.2) is 0 Å². The van der Waals surface area contributed by atoms with Crippen molar-refractivity contribution in [2.75, 3.05) is 19.8 Å². The molecule has 3 nitrogen and oxygen atoms in total. The third kappa shape index (κ3) is 12.9. The minimum Gasteiger partial charge on any atom is -0.466 e. The minimum absolute atomic E-state index is 0.0796. The van der Waals surface area contributed by atoms with Crippen LogP contribution in [0.4, 0.5) is 0 Å². The minimum atomic E-state index is -0.102. The summed E-state index contributed by atoms with van der Waals surface area (Å²) in [4.78, 5) is 11.7. The molecule has 0 amide bonds. The average Bonchev–Trinajstić information content (AvgIpc) is 2.48. The predicted molar refractivity (Wildman–Crippen MR) is 88.5 cm³/mol. The molecule has 1 unspecified atom stereocenters. The molecular formula is C18H36O3. The second-order valence-corrected chi connectivity index (χ2v) is 5.79. The van der Waals surface area contributed by atoms with E-state index in [2.05, 4.69) is 13.8 Å². The van der Waals surface area contributed by atoms with Crippen molar-refractivity contribution in [2.45, 2.75) is 85.0 Å². The second-order valence-electron chi connectivity index (χ2n) is 5.79. The van der Waals surface area contributed by atoms with E-state index in [9.17, 15) is 4.79 Å². The molecule has 0 saturated carbocycles. The lowest BCUT2D eigenvalue weighted by Gasteiger charge is -2.14. The first-order valence-corrected chi connectivity index (χ1v) is 9.00. The van der Waals surface area contributed by atoms with Crippen LogP contribution in [0.5, 0.6) is 0 Å². The fourth-order valence-corrected chi connectivity index (χ4v) is 2.44. The summed E-state index contributed by atoms with van der Waals surface area (Å²) < 4.78 is 10.7. The van der Waals surface area contributed by atoms with Crippen LogP contribution >= 0.6 is 0 Å². The van der Waals surface area contributed by atoms with Crippen molar-refractivity contribution in [3.63, 3.8) is 0 Å². The molecule has 0 aliphatic heterocycles. The van der Waals surface area contributed by atoms with Crippen molar-refractivity contribution in [2.24, 2.45) is 5.92 Å².